The lowest BCUT2D eigenvalue weighted by Gasteiger charge is -2.42. The first-order valence-electron chi connectivity index (χ1n) is 16.8. The monoisotopic (exact) mass is 730 g/mol. The Bertz CT molecular complexity index is 2170. The van der Waals surface area contributed by atoms with Gasteiger partial charge in [0, 0.05) is 13.0 Å². The zero-order valence-electron chi connectivity index (χ0n) is 29.9. The molecule has 0 radical (unpaired) electrons. The molecule has 0 fully saturated rings. The number of aromatic nitrogens is 2. The van der Waals surface area contributed by atoms with Crippen molar-refractivity contribution in [3.8, 4) is 5.75 Å². The van der Waals surface area contributed by atoms with Gasteiger partial charge in [0.05, 0.1) is 19.1 Å². The summed E-state index contributed by atoms with van der Waals surface area (Å²) in [4.78, 5) is 69.7. The molecule has 2 heterocycles. The molecule has 5 aromatic rings. The summed E-state index contributed by atoms with van der Waals surface area (Å²) in [5.74, 6) is -1.11. The molecule has 3 aromatic carbocycles. The predicted octanol–water partition coefficient (Wildman–Crippen LogP) is 5.33. The second kappa shape index (κ2) is 14.5. The Morgan fingerprint density at radius 3 is 2.08 bits per heavy atom. The fourth-order valence-corrected chi connectivity index (χ4v) is 11.7. The van der Waals surface area contributed by atoms with E-state index in [1.807, 2.05) is 74.5 Å². The minimum atomic E-state index is -3.63. The third-order valence-electron chi connectivity index (χ3n) is 9.73. The Morgan fingerprint density at radius 2 is 1.53 bits per heavy atom. The SMILES string of the molecule is CCOC(=O)c1sc2c(c1C)c(=O)n(C(C)(C)C(=O)CC(C)(C)[Si](O)(c1ccccc1)c1ccccc1)c(=O)n2CCc1cc(F)ccc1OC. The minimum Gasteiger partial charge on any atom is -0.496 e. The van der Waals surface area contributed by atoms with Crippen LogP contribution in [-0.2, 0) is 28.0 Å². The number of Topliss-reactive ketones (excluding diaryl/α,β-unsaturated/α-hetero) is 1. The number of fused-ring (bicyclic) bond motifs is 1. The first kappa shape index (κ1) is 37.6. The molecule has 0 atom stereocenters. The van der Waals surface area contributed by atoms with Gasteiger partial charge < -0.3 is 14.3 Å². The lowest BCUT2D eigenvalue weighted by atomic mass is 9.91. The van der Waals surface area contributed by atoms with E-state index in [9.17, 15) is 28.4 Å². The molecular formula is C39H43FN2O7SSi. The molecule has 5 rings (SSSR count). The van der Waals surface area contributed by atoms with Crippen molar-refractivity contribution in [3.63, 3.8) is 0 Å². The molecule has 0 spiro atoms. The van der Waals surface area contributed by atoms with E-state index < -0.39 is 47.7 Å². The van der Waals surface area contributed by atoms with Crippen molar-refractivity contribution in [1.29, 1.82) is 0 Å². The Balaban J connectivity index is 1.66. The second-order valence-corrected chi connectivity index (χ2v) is 18.7. The van der Waals surface area contributed by atoms with E-state index in [1.54, 1.807) is 13.8 Å². The topological polar surface area (TPSA) is 117 Å². The van der Waals surface area contributed by atoms with Gasteiger partial charge in [0.15, 0.2) is 5.78 Å². The number of carbonyl (C=O) groups excluding carboxylic acids is 2. The summed E-state index contributed by atoms with van der Waals surface area (Å²) >= 11 is 0.969. The molecule has 0 aliphatic rings. The number of carbonyl (C=O) groups is 2. The molecule has 268 valence electrons. The maximum absolute atomic E-state index is 14.6. The number of ether oxygens (including phenoxy) is 2. The van der Waals surface area contributed by atoms with Crippen molar-refractivity contribution in [1.82, 2.24) is 9.13 Å². The number of rotatable bonds is 13. The zero-order chi connectivity index (χ0) is 37.3. The van der Waals surface area contributed by atoms with E-state index in [0.717, 1.165) is 26.3 Å². The van der Waals surface area contributed by atoms with E-state index in [-0.39, 0.29) is 41.1 Å². The van der Waals surface area contributed by atoms with Crippen molar-refractivity contribution in [2.24, 2.45) is 0 Å². The van der Waals surface area contributed by atoms with Gasteiger partial charge >= 0.3 is 11.7 Å². The predicted molar refractivity (Wildman–Crippen MR) is 201 cm³/mol. The van der Waals surface area contributed by atoms with Gasteiger partial charge in [-0.25, -0.2) is 18.5 Å². The molecule has 1 N–H and O–H groups in total. The number of thiophene rings is 1. The van der Waals surface area contributed by atoms with Crippen molar-refractivity contribution in [2.45, 2.75) is 71.5 Å². The molecule has 0 saturated heterocycles. The van der Waals surface area contributed by atoms with Crippen LogP contribution < -0.4 is 26.4 Å². The molecule has 12 heteroatoms. The molecule has 0 aliphatic carbocycles. The fraction of sp³-hybridized carbons (Fsp3) is 0.333. The number of hydrogen-bond donors (Lipinski definition) is 1. The highest BCUT2D eigenvalue weighted by Gasteiger charge is 2.52. The largest absolute Gasteiger partial charge is 0.496 e. The van der Waals surface area contributed by atoms with Crippen molar-refractivity contribution in [3.05, 3.63) is 122 Å². The van der Waals surface area contributed by atoms with Crippen LogP contribution >= 0.6 is 11.3 Å². The number of aryl methyl sites for hydroxylation is 3. The van der Waals surface area contributed by atoms with E-state index in [1.165, 1.54) is 43.7 Å². The minimum absolute atomic E-state index is 0.0118. The number of esters is 1. The van der Waals surface area contributed by atoms with E-state index in [0.29, 0.717) is 16.9 Å². The van der Waals surface area contributed by atoms with Gasteiger partial charge in [0.1, 0.15) is 26.8 Å². The third-order valence-corrected chi connectivity index (χ3v) is 15.5. The lowest BCUT2D eigenvalue weighted by molar-refractivity contribution is -0.127. The number of nitrogens with zero attached hydrogens (tertiary/aromatic N) is 2. The maximum Gasteiger partial charge on any atom is 0.348 e. The van der Waals surface area contributed by atoms with E-state index in [2.05, 4.69) is 0 Å². The first-order valence-corrected chi connectivity index (χ1v) is 19.5. The Kier molecular flexibility index (Phi) is 10.7. The number of halogens is 1. The zero-order valence-corrected chi connectivity index (χ0v) is 31.7. The Hall–Kier alpha value is -4.65. The third kappa shape index (κ3) is 6.75. The van der Waals surface area contributed by atoms with Crippen molar-refractivity contribution < 1.29 is 28.2 Å². The van der Waals surface area contributed by atoms with Crippen LogP contribution in [0, 0.1) is 12.7 Å². The smallest absolute Gasteiger partial charge is 0.348 e. The van der Waals surface area contributed by atoms with Crippen LogP contribution in [0.3, 0.4) is 0 Å². The molecule has 0 unspecified atom stereocenters. The summed E-state index contributed by atoms with van der Waals surface area (Å²) in [5, 5.41) is 0.565. The van der Waals surface area contributed by atoms with Gasteiger partial charge in [-0.3, -0.25) is 14.2 Å². The van der Waals surface area contributed by atoms with Gasteiger partial charge in [0.25, 0.3) is 13.9 Å². The average Bonchev–Trinajstić information content (AvgIpc) is 3.45. The quantitative estimate of drug-likeness (QED) is 0.129. The number of methoxy groups -OCH3 is 1. The van der Waals surface area contributed by atoms with Gasteiger partial charge in [-0.05, 0) is 78.9 Å². The van der Waals surface area contributed by atoms with Gasteiger partial charge in [-0.15, -0.1) is 11.3 Å². The molecule has 2 aromatic heterocycles. The first-order chi connectivity index (χ1) is 24.1. The summed E-state index contributed by atoms with van der Waals surface area (Å²) < 4.78 is 27.3. The van der Waals surface area contributed by atoms with Gasteiger partial charge in [-0.1, -0.05) is 74.5 Å². The van der Waals surface area contributed by atoms with Crippen LogP contribution in [0.1, 0.15) is 61.8 Å². The molecule has 0 aliphatic heterocycles. The molecule has 9 nitrogen and oxygen atoms in total. The molecule has 0 amide bonds. The highest BCUT2D eigenvalue weighted by Crippen LogP contribution is 2.41. The fourth-order valence-electron chi connectivity index (χ4n) is 6.78. The Morgan fingerprint density at radius 1 is 0.941 bits per heavy atom. The van der Waals surface area contributed by atoms with Crippen LogP contribution in [0.25, 0.3) is 10.2 Å². The number of hydrogen-bond acceptors (Lipinski definition) is 8. The standard InChI is InChI=1S/C39H43FN2O7SSi/c1-8-49-36(45)33-25(2)32-34(44)42(37(46)41(35(32)50-33)22-21-26-23-27(40)19-20-30(26)48-7)39(5,6)31(43)24-38(3,4)51(47,28-15-11-9-12-16-28)29-17-13-10-14-18-29/h9-20,23,47H,8,21-22,24H2,1-7H3. The lowest BCUT2D eigenvalue weighted by Crippen LogP contribution is -2.66. The van der Waals surface area contributed by atoms with Crippen LogP contribution in [0.2, 0.25) is 5.04 Å². The summed E-state index contributed by atoms with van der Waals surface area (Å²) in [5.41, 5.74) is -2.32. The summed E-state index contributed by atoms with van der Waals surface area (Å²) in [6.45, 7) is 10.1. The van der Waals surface area contributed by atoms with Crippen LogP contribution in [0.5, 0.6) is 5.75 Å². The summed E-state index contributed by atoms with van der Waals surface area (Å²) in [6.07, 6.45) is -0.0123. The molecule has 0 saturated carbocycles. The van der Waals surface area contributed by atoms with Crippen molar-refractivity contribution in [2.75, 3.05) is 13.7 Å². The van der Waals surface area contributed by atoms with Gasteiger partial charge in [-0.2, -0.15) is 0 Å². The van der Waals surface area contributed by atoms with E-state index >= 15 is 0 Å². The highest BCUT2D eigenvalue weighted by molar-refractivity contribution is 7.20. The second-order valence-electron chi connectivity index (χ2n) is 13.7. The summed E-state index contributed by atoms with van der Waals surface area (Å²) in [6, 6.07) is 22.7. The number of benzene rings is 3. The normalized spacial score (nSPS) is 12.3. The van der Waals surface area contributed by atoms with Crippen LogP contribution in [-0.4, -0.2) is 47.7 Å². The van der Waals surface area contributed by atoms with E-state index in [4.69, 9.17) is 9.47 Å². The Labute approximate surface area is 301 Å². The molecule has 0 bridgehead atoms. The molecule has 51 heavy (non-hydrogen) atoms. The van der Waals surface area contributed by atoms with Crippen LogP contribution in [0.4, 0.5) is 4.39 Å². The highest BCUT2D eigenvalue weighted by atomic mass is 32.1. The van der Waals surface area contributed by atoms with Gasteiger partial charge in [0.2, 0.25) is 0 Å². The number of ketones is 1. The van der Waals surface area contributed by atoms with Crippen LogP contribution in [0.15, 0.2) is 88.5 Å². The average molecular weight is 731 g/mol. The van der Waals surface area contributed by atoms with Crippen molar-refractivity contribution >= 4 is 52.0 Å². The maximum atomic E-state index is 14.6. The molecular weight excluding hydrogens is 688 g/mol. The summed E-state index contributed by atoms with van der Waals surface area (Å²) in [7, 11) is -2.16.